The van der Waals surface area contributed by atoms with E-state index in [2.05, 4.69) is 19.2 Å². The summed E-state index contributed by atoms with van der Waals surface area (Å²) in [6.07, 6.45) is 4.95. The lowest BCUT2D eigenvalue weighted by Gasteiger charge is -2.30. The molecule has 3 nitrogen and oxygen atoms in total. The zero-order valence-corrected chi connectivity index (χ0v) is 14.0. The van der Waals surface area contributed by atoms with E-state index in [1.807, 2.05) is 25.2 Å². The number of fused-ring (bicyclic) bond motifs is 1. The van der Waals surface area contributed by atoms with Crippen LogP contribution in [0.1, 0.15) is 44.2 Å². The van der Waals surface area contributed by atoms with Gasteiger partial charge in [0.15, 0.2) is 9.84 Å². The molecule has 1 aromatic rings. The van der Waals surface area contributed by atoms with Gasteiger partial charge in [0, 0.05) is 6.04 Å². The standard InChI is InChI=1S/C17H25NO2S/c1-17(2)10-9-15(16(17)18-3)21(19,20)14-8-7-12-5-4-6-13(12)11-14/h7-8,11,15-16,18H,4-6,9-10H2,1-3H3. The smallest absolute Gasteiger partial charge is 0.182 e. The van der Waals surface area contributed by atoms with Gasteiger partial charge in [-0.3, -0.25) is 0 Å². The van der Waals surface area contributed by atoms with Crippen LogP contribution in [0.4, 0.5) is 0 Å². The number of sulfone groups is 1. The van der Waals surface area contributed by atoms with E-state index in [1.54, 1.807) is 0 Å². The topological polar surface area (TPSA) is 46.2 Å². The fourth-order valence-electron chi connectivity index (χ4n) is 4.15. The maximum atomic E-state index is 13.1. The summed E-state index contributed by atoms with van der Waals surface area (Å²) in [6.45, 7) is 4.32. The van der Waals surface area contributed by atoms with Crippen LogP contribution in [0.2, 0.25) is 0 Å². The van der Waals surface area contributed by atoms with Gasteiger partial charge < -0.3 is 5.32 Å². The van der Waals surface area contributed by atoms with Gasteiger partial charge in [0.1, 0.15) is 0 Å². The summed E-state index contributed by atoms with van der Waals surface area (Å²) >= 11 is 0. The molecule has 0 radical (unpaired) electrons. The van der Waals surface area contributed by atoms with Crippen LogP contribution >= 0.6 is 0 Å². The van der Waals surface area contributed by atoms with E-state index in [0.29, 0.717) is 4.90 Å². The molecule has 4 heteroatoms. The van der Waals surface area contributed by atoms with Crippen molar-refractivity contribution in [3.05, 3.63) is 29.3 Å². The Bertz CT molecular complexity index is 649. The van der Waals surface area contributed by atoms with Crippen molar-refractivity contribution >= 4 is 9.84 Å². The molecule has 0 spiro atoms. The highest BCUT2D eigenvalue weighted by Crippen LogP contribution is 2.42. The molecule has 21 heavy (non-hydrogen) atoms. The van der Waals surface area contributed by atoms with Crippen molar-refractivity contribution in [2.45, 2.75) is 62.1 Å². The Balaban J connectivity index is 1.97. The lowest BCUT2D eigenvalue weighted by molar-refractivity contribution is 0.297. The fraction of sp³-hybridized carbons (Fsp3) is 0.647. The van der Waals surface area contributed by atoms with Crippen molar-refractivity contribution in [3.63, 3.8) is 0 Å². The molecule has 2 aliphatic rings. The Hall–Kier alpha value is -0.870. The molecule has 0 heterocycles. The quantitative estimate of drug-likeness (QED) is 0.934. The average Bonchev–Trinajstić information content (AvgIpc) is 3.01. The zero-order valence-electron chi connectivity index (χ0n) is 13.1. The monoisotopic (exact) mass is 307 g/mol. The van der Waals surface area contributed by atoms with Gasteiger partial charge >= 0.3 is 0 Å². The van der Waals surface area contributed by atoms with E-state index < -0.39 is 9.84 Å². The Kier molecular flexibility index (Phi) is 3.65. The first kappa shape index (κ1) is 15.0. The predicted molar refractivity (Wildman–Crippen MR) is 85.3 cm³/mol. The van der Waals surface area contributed by atoms with Crippen LogP contribution in [0.15, 0.2) is 23.1 Å². The molecule has 1 N–H and O–H groups in total. The van der Waals surface area contributed by atoms with E-state index in [4.69, 9.17) is 0 Å². The van der Waals surface area contributed by atoms with Crippen LogP contribution in [0.5, 0.6) is 0 Å². The number of nitrogens with one attached hydrogen (secondary N) is 1. The lowest BCUT2D eigenvalue weighted by Crippen LogP contribution is -2.45. The summed E-state index contributed by atoms with van der Waals surface area (Å²) in [7, 11) is -1.38. The van der Waals surface area contributed by atoms with E-state index in [1.165, 1.54) is 11.1 Å². The largest absolute Gasteiger partial charge is 0.315 e. The minimum atomic E-state index is -3.26. The Morgan fingerprint density at radius 3 is 2.62 bits per heavy atom. The maximum Gasteiger partial charge on any atom is 0.182 e. The second-order valence-electron chi connectivity index (χ2n) is 7.16. The minimum absolute atomic E-state index is 0.0238. The summed E-state index contributed by atoms with van der Waals surface area (Å²) in [6, 6.07) is 5.78. The molecule has 2 aliphatic carbocycles. The van der Waals surface area contributed by atoms with Crippen molar-refractivity contribution in [2.24, 2.45) is 5.41 Å². The molecule has 116 valence electrons. The first-order chi connectivity index (χ1) is 9.86. The van der Waals surface area contributed by atoms with Gasteiger partial charge in [0.25, 0.3) is 0 Å². The van der Waals surface area contributed by atoms with Gasteiger partial charge in [-0.05, 0) is 67.8 Å². The lowest BCUT2D eigenvalue weighted by atomic mass is 9.87. The highest BCUT2D eigenvalue weighted by Gasteiger charge is 2.47. The number of hydrogen-bond acceptors (Lipinski definition) is 3. The third-order valence-corrected chi connectivity index (χ3v) is 7.61. The molecule has 1 aromatic carbocycles. The Morgan fingerprint density at radius 2 is 1.90 bits per heavy atom. The number of aryl methyl sites for hydroxylation is 2. The molecule has 0 aromatic heterocycles. The molecule has 0 bridgehead atoms. The van der Waals surface area contributed by atoms with Crippen molar-refractivity contribution in [1.29, 1.82) is 0 Å². The van der Waals surface area contributed by atoms with E-state index in [0.717, 1.165) is 32.1 Å². The molecular formula is C17H25NO2S. The predicted octanol–water partition coefficient (Wildman–Crippen LogP) is 2.73. The molecule has 0 saturated heterocycles. The van der Waals surface area contributed by atoms with Crippen molar-refractivity contribution in [1.82, 2.24) is 5.32 Å². The average molecular weight is 307 g/mol. The number of hydrogen-bond donors (Lipinski definition) is 1. The molecule has 2 atom stereocenters. The molecule has 1 saturated carbocycles. The summed E-state index contributed by atoms with van der Waals surface area (Å²) in [4.78, 5) is 0.520. The molecule has 0 aliphatic heterocycles. The van der Waals surface area contributed by atoms with E-state index in [-0.39, 0.29) is 16.7 Å². The number of rotatable bonds is 3. The van der Waals surface area contributed by atoms with Gasteiger partial charge in [0.2, 0.25) is 0 Å². The minimum Gasteiger partial charge on any atom is -0.315 e. The Labute approximate surface area is 128 Å². The van der Waals surface area contributed by atoms with Gasteiger partial charge in [0.05, 0.1) is 10.1 Å². The van der Waals surface area contributed by atoms with Gasteiger partial charge in [-0.2, -0.15) is 0 Å². The molecule has 3 rings (SSSR count). The first-order valence-electron chi connectivity index (χ1n) is 7.89. The van der Waals surface area contributed by atoms with Gasteiger partial charge in [-0.1, -0.05) is 19.9 Å². The van der Waals surface area contributed by atoms with E-state index in [9.17, 15) is 8.42 Å². The molecule has 1 fully saturated rings. The van der Waals surface area contributed by atoms with Crippen LogP contribution < -0.4 is 5.32 Å². The zero-order chi connectivity index (χ0) is 15.3. The SMILES string of the molecule is CNC1C(S(=O)(=O)c2ccc3c(c2)CCC3)CCC1(C)C. The molecule has 0 amide bonds. The van der Waals surface area contributed by atoms with E-state index >= 15 is 0 Å². The molecular weight excluding hydrogens is 282 g/mol. The summed E-state index contributed by atoms with van der Waals surface area (Å²) < 4.78 is 26.1. The first-order valence-corrected chi connectivity index (χ1v) is 9.44. The van der Waals surface area contributed by atoms with Gasteiger partial charge in [-0.25, -0.2) is 8.42 Å². The van der Waals surface area contributed by atoms with Crippen molar-refractivity contribution in [3.8, 4) is 0 Å². The van der Waals surface area contributed by atoms with Crippen LogP contribution in [-0.2, 0) is 22.7 Å². The molecule has 2 unspecified atom stereocenters. The van der Waals surface area contributed by atoms with Gasteiger partial charge in [-0.15, -0.1) is 0 Å². The number of benzene rings is 1. The third kappa shape index (κ3) is 2.42. The summed E-state index contributed by atoms with van der Waals surface area (Å²) in [5, 5.41) is 2.94. The van der Waals surface area contributed by atoms with Crippen LogP contribution in [0.3, 0.4) is 0 Å². The Morgan fingerprint density at radius 1 is 1.19 bits per heavy atom. The van der Waals surface area contributed by atoms with Crippen molar-refractivity contribution in [2.75, 3.05) is 7.05 Å². The fourth-order valence-corrected chi connectivity index (χ4v) is 6.36. The second-order valence-corrected chi connectivity index (χ2v) is 9.33. The summed E-state index contributed by atoms with van der Waals surface area (Å²) in [5.41, 5.74) is 2.59. The van der Waals surface area contributed by atoms with Crippen LogP contribution in [-0.4, -0.2) is 26.8 Å². The highest BCUT2D eigenvalue weighted by molar-refractivity contribution is 7.92. The summed E-state index contributed by atoms with van der Waals surface area (Å²) in [5.74, 6) is 0. The second kappa shape index (κ2) is 5.10. The van der Waals surface area contributed by atoms with Crippen LogP contribution in [0, 0.1) is 5.41 Å². The van der Waals surface area contributed by atoms with Crippen LogP contribution in [0.25, 0.3) is 0 Å². The highest BCUT2D eigenvalue weighted by atomic mass is 32.2. The van der Waals surface area contributed by atoms with Crippen molar-refractivity contribution < 1.29 is 8.42 Å². The normalized spacial score (nSPS) is 27.8. The third-order valence-electron chi connectivity index (χ3n) is 5.39. The maximum absolute atomic E-state index is 13.1.